The Morgan fingerprint density at radius 1 is 1.20 bits per heavy atom. The first kappa shape index (κ1) is 11.2. The van der Waals surface area contributed by atoms with Crippen molar-refractivity contribution in [3.8, 4) is 0 Å². The van der Waals surface area contributed by atoms with Crippen molar-refractivity contribution in [3.63, 3.8) is 0 Å². The normalized spacial score (nSPS) is 38.0. The molecule has 1 aliphatic carbocycles. The standard InChI is InChI=1S/C10H17F3N2/c11-10(12,13)6-15-4-7-2-1-3-9(14)8(7)5-15/h7-9H,1-6,14H2. The molecule has 0 aromatic rings. The number of nitrogens with zero attached hydrogens (tertiary/aromatic N) is 1. The van der Waals surface area contributed by atoms with Crippen LogP contribution in [0.15, 0.2) is 0 Å². The van der Waals surface area contributed by atoms with Gasteiger partial charge in [-0.25, -0.2) is 0 Å². The van der Waals surface area contributed by atoms with Crippen molar-refractivity contribution in [3.05, 3.63) is 0 Å². The molecule has 15 heavy (non-hydrogen) atoms. The highest BCUT2D eigenvalue weighted by Crippen LogP contribution is 2.36. The second-order valence-electron chi connectivity index (χ2n) is 4.83. The van der Waals surface area contributed by atoms with Crippen molar-refractivity contribution in [2.24, 2.45) is 17.6 Å². The number of halogens is 3. The SMILES string of the molecule is NC1CCCC2CN(CC(F)(F)F)CC12. The minimum absolute atomic E-state index is 0.113. The van der Waals surface area contributed by atoms with Crippen LogP contribution in [0.25, 0.3) is 0 Å². The monoisotopic (exact) mass is 222 g/mol. The molecular weight excluding hydrogens is 205 g/mol. The van der Waals surface area contributed by atoms with E-state index in [1.54, 1.807) is 0 Å². The quantitative estimate of drug-likeness (QED) is 0.730. The Labute approximate surface area is 87.6 Å². The first-order chi connectivity index (χ1) is 6.96. The third kappa shape index (κ3) is 2.64. The smallest absolute Gasteiger partial charge is 0.327 e. The molecule has 3 unspecified atom stereocenters. The molecule has 1 heterocycles. The van der Waals surface area contributed by atoms with Gasteiger partial charge < -0.3 is 5.73 Å². The Hall–Kier alpha value is -0.290. The van der Waals surface area contributed by atoms with Crippen LogP contribution in [-0.4, -0.2) is 36.8 Å². The van der Waals surface area contributed by atoms with E-state index in [1.807, 2.05) is 0 Å². The summed E-state index contributed by atoms with van der Waals surface area (Å²) in [5, 5.41) is 0. The van der Waals surface area contributed by atoms with Crippen molar-refractivity contribution in [2.45, 2.75) is 31.5 Å². The summed E-state index contributed by atoms with van der Waals surface area (Å²) in [6.07, 6.45) is -0.979. The molecule has 2 aliphatic rings. The molecule has 88 valence electrons. The molecule has 3 atom stereocenters. The Morgan fingerprint density at radius 2 is 1.93 bits per heavy atom. The van der Waals surface area contributed by atoms with Crippen LogP contribution in [0.4, 0.5) is 13.2 Å². The van der Waals surface area contributed by atoms with E-state index in [2.05, 4.69) is 0 Å². The average Bonchev–Trinajstić information content (AvgIpc) is 2.45. The van der Waals surface area contributed by atoms with Gasteiger partial charge in [0.15, 0.2) is 0 Å². The highest BCUT2D eigenvalue weighted by Gasteiger charge is 2.42. The molecule has 1 saturated carbocycles. The second kappa shape index (κ2) is 3.94. The molecule has 1 aliphatic heterocycles. The maximum atomic E-state index is 12.2. The van der Waals surface area contributed by atoms with E-state index in [4.69, 9.17) is 5.73 Å². The summed E-state index contributed by atoms with van der Waals surface area (Å²) < 4.78 is 36.6. The van der Waals surface area contributed by atoms with Crippen LogP contribution in [-0.2, 0) is 0 Å². The summed E-state index contributed by atoms with van der Waals surface area (Å²) in [5.74, 6) is 0.692. The first-order valence-corrected chi connectivity index (χ1v) is 5.50. The highest BCUT2D eigenvalue weighted by atomic mass is 19.4. The number of rotatable bonds is 1. The van der Waals surface area contributed by atoms with Crippen LogP contribution in [0.3, 0.4) is 0 Å². The minimum atomic E-state index is -4.07. The van der Waals surface area contributed by atoms with Gasteiger partial charge in [0.05, 0.1) is 6.54 Å². The van der Waals surface area contributed by atoms with Crippen molar-refractivity contribution in [2.75, 3.05) is 19.6 Å². The van der Waals surface area contributed by atoms with Gasteiger partial charge in [0, 0.05) is 19.1 Å². The lowest BCUT2D eigenvalue weighted by Gasteiger charge is -2.29. The number of nitrogens with two attached hydrogens (primary N) is 1. The van der Waals surface area contributed by atoms with Crippen LogP contribution < -0.4 is 5.73 Å². The molecule has 5 heteroatoms. The Kier molecular flexibility index (Phi) is 2.94. The molecule has 0 spiro atoms. The number of alkyl halides is 3. The van der Waals surface area contributed by atoms with Gasteiger partial charge in [0.1, 0.15) is 0 Å². The summed E-state index contributed by atoms with van der Waals surface area (Å²) >= 11 is 0. The number of hydrogen-bond acceptors (Lipinski definition) is 2. The summed E-state index contributed by atoms with van der Waals surface area (Å²) in [4.78, 5) is 1.51. The second-order valence-corrected chi connectivity index (χ2v) is 4.83. The Morgan fingerprint density at radius 3 is 2.53 bits per heavy atom. The third-order valence-corrected chi connectivity index (χ3v) is 3.63. The topological polar surface area (TPSA) is 29.3 Å². The van der Waals surface area contributed by atoms with E-state index in [0.717, 1.165) is 19.3 Å². The van der Waals surface area contributed by atoms with Gasteiger partial charge in [-0.2, -0.15) is 13.2 Å². The van der Waals surface area contributed by atoms with Crippen molar-refractivity contribution in [1.29, 1.82) is 0 Å². The fourth-order valence-corrected chi connectivity index (χ4v) is 2.99. The molecule has 0 amide bonds. The van der Waals surface area contributed by atoms with E-state index < -0.39 is 12.7 Å². The molecule has 0 radical (unpaired) electrons. The van der Waals surface area contributed by atoms with Gasteiger partial charge in [0.2, 0.25) is 0 Å². The van der Waals surface area contributed by atoms with Gasteiger partial charge in [-0.1, -0.05) is 6.42 Å². The Balaban J connectivity index is 1.92. The van der Waals surface area contributed by atoms with E-state index in [-0.39, 0.29) is 6.04 Å². The lowest BCUT2D eigenvalue weighted by Crippen LogP contribution is -2.38. The molecule has 0 aromatic heterocycles. The van der Waals surface area contributed by atoms with E-state index in [0.29, 0.717) is 24.9 Å². The Bertz CT molecular complexity index is 229. The number of fused-ring (bicyclic) bond motifs is 1. The minimum Gasteiger partial charge on any atom is -0.327 e. The molecule has 2 N–H and O–H groups in total. The largest absolute Gasteiger partial charge is 0.401 e. The molecular formula is C10H17F3N2. The van der Waals surface area contributed by atoms with E-state index in [1.165, 1.54) is 4.90 Å². The number of likely N-dealkylation sites (tertiary alicyclic amines) is 1. The summed E-state index contributed by atoms with van der Waals surface area (Å²) in [6, 6.07) is 0.113. The van der Waals surface area contributed by atoms with E-state index in [9.17, 15) is 13.2 Å². The predicted molar refractivity (Wildman–Crippen MR) is 51.3 cm³/mol. The number of hydrogen-bond donors (Lipinski definition) is 1. The third-order valence-electron chi connectivity index (χ3n) is 3.63. The molecule has 2 rings (SSSR count). The fourth-order valence-electron chi connectivity index (χ4n) is 2.99. The lowest BCUT2D eigenvalue weighted by molar-refractivity contribution is -0.144. The highest BCUT2D eigenvalue weighted by molar-refractivity contribution is 4.93. The van der Waals surface area contributed by atoms with Crippen LogP contribution in [0.5, 0.6) is 0 Å². The first-order valence-electron chi connectivity index (χ1n) is 5.50. The van der Waals surface area contributed by atoms with Crippen LogP contribution in [0.1, 0.15) is 19.3 Å². The van der Waals surface area contributed by atoms with Crippen molar-refractivity contribution in [1.82, 2.24) is 4.90 Å². The van der Waals surface area contributed by atoms with Crippen LogP contribution in [0, 0.1) is 11.8 Å². The maximum absolute atomic E-state index is 12.2. The zero-order chi connectivity index (χ0) is 11.1. The summed E-state index contributed by atoms with van der Waals surface area (Å²) in [5.41, 5.74) is 5.94. The molecule has 0 aromatic carbocycles. The van der Waals surface area contributed by atoms with Gasteiger partial charge in [-0.05, 0) is 24.7 Å². The zero-order valence-electron chi connectivity index (χ0n) is 8.63. The van der Waals surface area contributed by atoms with Gasteiger partial charge in [0.25, 0.3) is 0 Å². The van der Waals surface area contributed by atoms with Crippen LogP contribution >= 0.6 is 0 Å². The van der Waals surface area contributed by atoms with Crippen molar-refractivity contribution >= 4 is 0 Å². The van der Waals surface area contributed by atoms with Gasteiger partial charge in [-0.15, -0.1) is 0 Å². The molecule has 2 nitrogen and oxygen atoms in total. The average molecular weight is 222 g/mol. The van der Waals surface area contributed by atoms with Gasteiger partial charge >= 0.3 is 6.18 Å². The fraction of sp³-hybridized carbons (Fsp3) is 1.00. The predicted octanol–water partition coefficient (Wildman–Crippen LogP) is 1.61. The van der Waals surface area contributed by atoms with Crippen LogP contribution in [0.2, 0.25) is 0 Å². The summed E-state index contributed by atoms with van der Waals surface area (Å²) in [7, 11) is 0. The molecule has 1 saturated heterocycles. The maximum Gasteiger partial charge on any atom is 0.401 e. The van der Waals surface area contributed by atoms with E-state index >= 15 is 0 Å². The zero-order valence-corrected chi connectivity index (χ0v) is 8.63. The lowest BCUT2D eigenvalue weighted by atomic mass is 9.78. The summed E-state index contributed by atoms with van der Waals surface area (Å²) in [6.45, 7) is 0.343. The molecule has 0 bridgehead atoms. The van der Waals surface area contributed by atoms with Gasteiger partial charge in [-0.3, -0.25) is 4.90 Å². The van der Waals surface area contributed by atoms with Crippen molar-refractivity contribution < 1.29 is 13.2 Å². The molecule has 2 fully saturated rings.